The zero-order valence-corrected chi connectivity index (χ0v) is 10.5. The van der Waals surface area contributed by atoms with Crippen LogP contribution >= 0.6 is 0 Å². The SMILES string of the molecule is CC(C(=O)O)S(=O)(=O)N1CCC(C)(C(N)=O)C1. The number of carboxylic acid groups (broad SMARTS) is 1. The molecule has 0 aromatic rings. The van der Waals surface area contributed by atoms with Gasteiger partial charge in [0.1, 0.15) is 0 Å². The molecule has 2 unspecified atom stereocenters. The van der Waals surface area contributed by atoms with Crippen molar-refractivity contribution in [3.63, 3.8) is 0 Å². The highest BCUT2D eigenvalue weighted by Crippen LogP contribution is 2.32. The summed E-state index contributed by atoms with van der Waals surface area (Å²) in [6.45, 7) is 2.76. The lowest BCUT2D eigenvalue weighted by molar-refractivity contribution is -0.136. The van der Waals surface area contributed by atoms with Crippen LogP contribution in [0.5, 0.6) is 0 Å². The fourth-order valence-electron chi connectivity index (χ4n) is 1.69. The number of carbonyl (C=O) groups is 2. The molecular weight excluding hydrogens is 248 g/mol. The lowest BCUT2D eigenvalue weighted by atomic mass is 9.89. The number of hydrogen-bond acceptors (Lipinski definition) is 4. The third-order valence-electron chi connectivity index (χ3n) is 3.19. The number of amides is 1. The zero-order valence-electron chi connectivity index (χ0n) is 9.71. The van der Waals surface area contributed by atoms with Crippen molar-refractivity contribution in [2.24, 2.45) is 11.1 Å². The molecule has 0 saturated carbocycles. The van der Waals surface area contributed by atoms with Crippen LogP contribution in [0.3, 0.4) is 0 Å². The minimum atomic E-state index is -3.92. The summed E-state index contributed by atoms with van der Waals surface area (Å²) in [5.41, 5.74) is 4.29. The minimum Gasteiger partial charge on any atom is -0.480 e. The van der Waals surface area contributed by atoms with Crippen LogP contribution in [-0.4, -0.2) is 48.0 Å². The predicted octanol–water partition coefficient (Wildman–Crippen LogP) is -1.01. The van der Waals surface area contributed by atoms with Gasteiger partial charge in [-0.2, -0.15) is 0 Å². The Morgan fingerprint density at radius 1 is 1.47 bits per heavy atom. The summed E-state index contributed by atoms with van der Waals surface area (Å²) in [4.78, 5) is 21.9. The molecule has 1 heterocycles. The van der Waals surface area contributed by atoms with E-state index in [1.54, 1.807) is 6.92 Å². The van der Waals surface area contributed by atoms with Gasteiger partial charge >= 0.3 is 5.97 Å². The van der Waals surface area contributed by atoms with E-state index in [-0.39, 0.29) is 13.1 Å². The molecule has 1 amide bonds. The largest absolute Gasteiger partial charge is 0.480 e. The molecule has 3 N–H and O–H groups in total. The van der Waals surface area contributed by atoms with E-state index in [0.717, 1.165) is 11.2 Å². The smallest absolute Gasteiger partial charge is 0.323 e. The number of nitrogens with two attached hydrogens (primary N) is 1. The highest BCUT2D eigenvalue weighted by molar-refractivity contribution is 7.90. The summed E-state index contributed by atoms with van der Waals surface area (Å²) in [5.74, 6) is -1.98. The highest BCUT2D eigenvalue weighted by atomic mass is 32.2. The average Bonchev–Trinajstić information content (AvgIpc) is 2.61. The first-order valence-electron chi connectivity index (χ1n) is 5.13. The van der Waals surface area contributed by atoms with Crippen molar-refractivity contribution in [3.8, 4) is 0 Å². The number of carboxylic acids is 1. The number of rotatable bonds is 4. The molecule has 0 aliphatic carbocycles. The van der Waals surface area contributed by atoms with Crippen LogP contribution in [0.15, 0.2) is 0 Å². The molecule has 0 bridgehead atoms. The third-order valence-corrected chi connectivity index (χ3v) is 5.31. The molecule has 2 atom stereocenters. The van der Waals surface area contributed by atoms with Crippen molar-refractivity contribution in [1.82, 2.24) is 4.31 Å². The fourth-order valence-corrected chi connectivity index (χ4v) is 3.20. The standard InChI is InChI=1S/C9H16N2O5S/c1-6(7(12)13)17(15,16)11-4-3-9(2,5-11)8(10)14/h6H,3-5H2,1-2H3,(H2,10,14)(H,12,13). The summed E-state index contributed by atoms with van der Waals surface area (Å²) >= 11 is 0. The summed E-state index contributed by atoms with van der Waals surface area (Å²) in [6.07, 6.45) is 0.313. The van der Waals surface area contributed by atoms with Gasteiger partial charge < -0.3 is 10.8 Å². The monoisotopic (exact) mass is 264 g/mol. The van der Waals surface area contributed by atoms with Crippen molar-refractivity contribution in [1.29, 1.82) is 0 Å². The molecule has 1 fully saturated rings. The first-order valence-corrected chi connectivity index (χ1v) is 6.63. The maximum Gasteiger partial charge on any atom is 0.323 e. The van der Waals surface area contributed by atoms with E-state index in [2.05, 4.69) is 0 Å². The molecule has 1 aliphatic heterocycles. The number of nitrogens with zero attached hydrogens (tertiary/aromatic N) is 1. The Hall–Kier alpha value is -1.15. The molecule has 1 aliphatic rings. The number of primary amides is 1. The van der Waals surface area contributed by atoms with Gasteiger partial charge in [-0.05, 0) is 20.3 Å². The molecule has 0 radical (unpaired) electrons. The number of sulfonamides is 1. The van der Waals surface area contributed by atoms with E-state index in [4.69, 9.17) is 10.8 Å². The Labute approximate surface area is 99.6 Å². The Morgan fingerprint density at radius 2 is 2.00 bits per heavy atom. The van der Waals surface area contributed by atoms with Crippen molar-refractivity contribution in [2.75, 3.05) is 13.1 Å². The van der Waals surface area contributed by atoms with E-state index < -0.39 is 32.6 Å². The maximum atomic E-state index is 11.9. The summed E-state index contributed by atoms with van der Waals surface area (Å²) in [7, 11) is -3.92. The maximum absolute atomic E-state index is 11.9. The molecule has 1 saturated heterocycles. The van der Waals surface area contributed by atoms with Crippen molar-refractivity contribution >= 4 is 21.9 Å². The molecule has 7 nitrogen and oxygen atoms in total. The molecule has 0 spiro atoms. The second-order valence-corrected chi connectivity index (χ2v) is 6.79. The third kappa shape index (κ3) is 2.42. The quantitative estimate of drug-likeness (QED) is 0.674. The van der Waals surface area contributed by atoms with E-state index in [1.165, 1.54) is 0 Å². The molecule has 1 rings (SSSR count). The van der Waals surface area contributed by atoms with Crippen LogP contribution in [0.1, 0.15) is 20.3 Å². The van der Waals surface area contributed by atoms with Gasteiger partial charge in [0.05, 0.1) is 5.41 Å². The molecule has 0 aromatic carbocycles. The van der Waals surface area contributed by atoms with Gasteiger partial charge in [0, 0.05) is 13.1 Å². The van der Waals surface area contributed by atoms with Crippen LogP contribution in [0, 0.1) is 5.41 Å². The van der Waals surface area contributed by atoms with Gasteiger partial charge in [0.15, 0.2) is 5.25 Å². The zero-order chi connectivity index (χ0) is 13.4. The Balaban J connectivity index is 2.92. The van der Waals surface area contributed by atoms with E-state index in [0.29, 0.717) is 6.42 Å². The lowest BCUT2D eigenvalue weighted by Crippen LogP contribution is -2.43. The summed E-state index contributed by atoms with van der Waals surface area (Å²) < 4.78 is 24.8. The minimum absolute atomic E-state index is 0.0533. The van der Waals surface area contributed by atoms with Crippen molar-refractivity contribution < 1.29 is 23.1 Å². The van der Waals surface area contributed by atoms with Gasteiger partial charge in [-0.3, -0.25) is 9.59 Å². The van der Waals surface area contributed by atoms with E-state index in [1.807, 2.05) is 0 Å². The molecule has 8 heteroatoms. The van der Waals surface area contributed by atoms with Crippen molar-refractivity contribution in [2.45, 2.75) is 25.5 Å². The topological polar surface area (TPSA) is 118 Å². The van der Waals surface area contributed by atoms with Crippen LogP contribution < -0.4 is 5.73 Å². The normalized spacial score (nSPS) is 27.9. The highest BCUT2D eigenvalue weighted by Gasteiger charge is 2.45. The molecule has 98 valence electrons. The second-order valence-electron chi connectivity index (χ2n) is 4.53. The molecule has 0 aromatic heterocycles. The van der Waals surface area contributed by atoms with Gasteiger partial charge in [-0.25, -0.2) is 12.7 Å². The van der Waals surface area contributed by atoms with E-state index >= 15 is 0 Å². The summed E-state index contributed by atoms with van der Waals surface area (Å²) in [5, 5.41) is 7.20. The van der Waals surface area contributed by atoms with Crippen LogP contribution in [-0.2, 0) is 19.6 Å². The van der Waals surface area contributed by atoms with Gasteiger partial charge in [0.2, 0.25) is 15.9 Å². The Kier molecular flexibility index (Phi) is 3.49. The lowest BCUT2D eigenvalue weighted by Gasteiger charge is -2.22. The number of carbonyl (C=O) groups excluding carboxylic acids is 1. The van der Waals surface area contributed by atoms with Crippen LogP contribution in [0.2, 0.25) is 0 Å². The molecule has 17 heavy (non-hydrogen) atoms. The van der Waals surface area contributed by atoms with Crippen molar-refractivity contribution in [3.05, 3.63) is 0 Å². The number of hydrogen-bond donors (Lipinski definition) is 2. The average molecular weight is 264 g/mol. The van der Waals surface area contributed by atoms with Gasteiger partial charge in [-0.15, -0.1) is 0 Å². The first-order chi connectivity index (χ1) is 7.61. The Morgan fingerprint density at radius 3 is 2.35 bits per heavy atom. The first kappa shape index (κ1) is 13.9. The molecular formula is C9H16N2O5S. The van der Waals surface area contributed by atoms with Gasteiger partial charge in [0.25, 0.3) is 0 Å². The van der Waals surface area contributed by atoms with E-state index in [9.17, 15) is 18.0 Å². The van der Waals surface area contributed by atoms with Crippen LogP contribution in [0.4, 0.5) is 0 Å². The second kappa shape index (κ2) is 4.26. The summed E-state index contributed by atoms with van der Waals surface area (Å²) in [6, 6.07) is 0. The fraction of sp³-hybridized carbons (Fsp3) is 0.778. The predicted molar refractivity (Wildman–Crippen MR) is 59.5 cm³/mol. The van der Waals surface area contributed by atoms with Gasteiger partial charge in [-0.1, -0.05) is 0 Å². The Bertz CT molecular complexity index is 446. The van der Waals surface area contributed by atoms with Crippen LogP contribution in [0.25, 0.3) is 0 Å². The number of aliphatic carboxylic acids is 1.